The zero-order chi connectivity index (χ0) is 13.0. The van der Waals surface area contributed by atoms with Crippen LogP contribution >= 0.6 is 15.9 Å². The largest absolute Gasteiger partial charge is 0.423 e. The lowest BCUT2D eigenvalue weighted by molar-refractivity contribution is -0.128. The van der Waals surface area contributed by atoms with E-state index in [-0.39, 0.29) is 0 Å². The summed E-state index contributed by atoms with van der Waals surface area (Å²) in [5, 5.41) is 0. The molecule has 18 heavy (non-hydrogen) atoms. The number of rotatable bonds is 3. The lowest BCUT2D eigenvalue weighted by Crippen LogP contribution is -2.02. The van der Waals surface area contributed by atoms with E-state index in [1.165, 1.54) is 0 Å². The quantitative estimate of drug-likeness (QED) is 0.482. The van der Waals surface area contributed by atoms with Crippen molar-refractivity contribution in [2.75, 3.05) is 0 Å². The van der Waals surface area contributed by atoms with E-state index < -0.39 is 5.97 Å². The molecule has 0 radical (unpaired) electrons. The molecule has 0 bridgehead atoms. The molecule has 2 aromatic carbocycles. The van der Waals surface area contributed by atoms with E-state index in [9.17, 15) is 4.79 Å². The van der Waals surface area contributed by atoms with Gasteiger partial charge in [-0.2, -0.15) is 0 Å². The van der Waals surface area contributed by atoms with Crippen molar-refractivity contribution in [3.05, 3.63) is 65.7 Å². The second-order valence-corrected chi connectivity index (χ2v) is 4.57. The zero-order valence-electron chi connectivity index (χ0n) is 9.60. The number of carbonyl (C=O) groups excluding carboxylic acids is 1. The van der Waals surface area contributed by atoms with Crippen LogP contribution in [0.4, 0.5) is 0 Å². The first-order chi connectivity index (χ1) is 8.69. The maximum absolute atomic E-state index is 11.0. The monoisotopic (exact) mass is 302 g/mol. The van der Waals surface area contributed by atoms with Crippen LogP contribution in [0.3, 0.4) is 0 Å². The highest BCUT2D eigenvalue weighted by Gasteiger charge is 2.01. The third-order valence-corrected chi connectivity index (χ3v) is 2.95. The van der Waals surface area contributed by atoms with E-state index in [1.54, 1.807) is 12.1 Å². The van der Waals surface area contributed by atoms with Crippen molar-refractivity contribution in [2.24, 2.45) is 0 Å². The van der Waals surface area contributed by atoms with Crippen molar-refractivity contribution < 1.29 is 9.53 Å². The molecule has 0 aliphatic carbocycles. The number of halogens is 1. The molecule has 0 aromatic heterocycles. The molecule has 2 aromatic rings. The van der Waals surface area contributed by atoms with E-state index in [0.29, 0.717) is 5.75 Å². The Morgan fingerprint density at radius 2 is 1.50 bits per heavy atom. The van der Waals surface area contributed by atoms with Gasteiger partial charge in [-0.25, -0.2) is 4.79 Å². The highest BCUT2D eigenvalue weighted by molar-refractivity contribution is 9.10. The first-order valence-electron chi connectivity index (χ1n) is 5.39. The van der Waals surface area contributed by atoms with Crippen molar-refractivity contribution >= 4 is 21.9 Å². The fourth-order valence-corrected chi connectivity index (χ4v) is 1.78. The summed E-state index contributed by atoms with van der Waals surface area (Å²) in [6, 6.07) is 15.4. The Bertz CT molecular complexity index is 556. The molecule has 2 rings (SSSR count). The molecule has 0 amide bonds. The summed E-state index contributed by atoms with van der Waals surface area (Å²) in [7, 11) is 0. The maximum atomic E-state index is 11.0. The molecule has 0 atom stereocenters. The molecule has 0 saturated heterocycles. The van der Waals surface area contributed by atoms with Gasteiger partial charge in [-0.3, -0.25) is 0 Å². The molecule has 0 aliphatic heterocycles. The average Bonchev–Trinajstić information content (AvgIpc) is 2.40. The first-order valence-corrected chi connectivity index (χ1v) is 6.18. The van der Waals surface area contributed by atoms with Gasteiger partial charge < -0.3 is 4.74 Å². The number of ether oxygens (including phenoxy) is 1. The molecule has 0 fully saturated rings. The Balaban J connectivity index is 2.19. The van der Waals surface area contributed by atoms with Gasteiger partial charge in [0.15, 0.2) is 0 Å². The average molecular weight is 303 g/mol. The lowest BCUT2D eigenvalue weighted by atomic mass is 10.1. The van der Waals surface area contributed by atoms with Crippen molar-refractivity contribution in [3.8, 4) is 16.9 Å². The summed E-state index contributed by atoms with van der Waals surface area (Å²) >= 11 is 3.40. The fraction of sp³-hybridized carbons (Fsp3) is 0. The molecule has 0 unspecified atom stereocenters. The molecule has 2 nitrogen and oxygen atoms in total. The van der Waals surface area contributed by atoms with Gasteiger partial charge in [-0.15, -0.1) is 0 Å². The molecule has 0 aliphatic rings. The smallest absolute Gasteiger partial charge is 0.335 e. The maximum Gasteiger partial charge on any atom is 0.335 e. The van der Waals surface area contributed by atoms with Crippen molar-refractivity contribution in [2.45, 2.75) is 0 Å². The van der Waals surface area contributed by atoms with Crippen LogP contribution in [0, 0.1) is 0 Å². The highest BCUT2D eigenvalue weighted by Crippen LogP contribution is 2.24. The molecule has 0 saturated carbocycles. The SMILES string of the molecule is C=CC(=O)Oc1ccc(-c2ccc(Br)cc2)cc1. The molecular formula is C15H11BrO2. The van der Waals surface area contributed by atoms with E-state index in [2.05, 4.69) is 22.5 Å². The van der Waals surface area contributed by atoms with Crippen LogP contribution in [0.5, 0.6) is 5.75 Å². The Hall–Kier alpha value is -1.87. The summed E-state index contributed by atoms with van der Waals surface area (Å²) < 4.78 is 6.05. The van der Waals surface area contributed by atoms with Crippen LogP contribution in [0.25, 0.3) is 11.1 Å². The summed E-state index contributed by atoms with van der Waals surface area (Å²) in [5.41, 5.74) is 2.18. The first kappa shape index (κ1) is 12.6. The van der Waals surface area contributed by atoms with Gasteiger partial charge in [0, 0.05) is 10.5 Å². The standard InChI is InChI=1S/C15H11BrO2/c1-2-15(17)18-14-9-5-12(6-10-14)11-3-7-13(16)8-4-11/h2-10H,1H2. The summed E-state index contributed by atoms with van der Waals surface area (Å²) in [5.74, 6) is 0.0622. The number of hydrogen-bond donors (Lipinski definition) is 0. The minimum Gasteiger partial charge on any atom is -0.423 e. The van der Waals surface area contributed by atoms with Crippen LogP contribution in [-0.4, -0.2) is 5.97 Å². The third kappa shape index (κ3) is 3.08. The van der Waals surface area contributed by atoms with Crippen LogP contribution in [0.1, 0.15) is 0 Å². The summed E-state index contributed by atoms with van der Waals surface area (Å²) in [4.78, 5) is 11.0. The number of esters is 1. The van der Waals surface area contributed by atoms with Gasteiger partial charge in [0.1, 0.15) is 5.75 Å². The number of benzene rings is 2. The summed E-state index contributed by atoms with van der Waals surface area (Å²) in [6.07, 6.45) is 1.14. The van der Waals surface area contributed by atoms with Gasteiger partial charge in [-0.1, -0.05) is 46.8 Å². The molecule has 3 heteroatoms. The lowest BCUT2D eigenvalue weighted by Gasteiger charge is -2.04. The number of carbonyl (C=O) groups is 1. The van der Waals surface area contributed by atoms with Crippen molar-refractivity contribution in [1.29, 1.82) is 0 Å². The molecule has 90 valence electrons. The Kier molecular flexibility index (Phi) is 3.95. The van der Waals surface area contributed by atoms with E-state index in [4.69, 9.17) is 4.74 Å². The predicted octanol–water partition coefficient (Wildman–Crippen LogP) is 4.21. The highest BCUT2D eigenvalue weighted by atomic mass is 79.9. The zero-order valence-corrected chi connectivity index (χ0v) is 11.2. The second-order valence-electron chi connectivity index (χ2n) is 3.66. The Labute approximate surface area is 114 Å². The van der Waals surface area contributed by atoms with Gasteiger partial charge in [0.05, 0.1) is 0 Å². The van der Waals surface area contributed by atoms with Crippen molar-refractivity contribution in [3.63, 3.8) is 0 Å². The van der Waals surface area contributed by atoms with Gasteiger partial charge in [-0.05, 0) is 35.4 Å². The topological polar surface area (TPSA) is 26.3 Å². The van der Waals surface area contributed by atoms with Gasteiger partial charge in [0.25, 0.3) is 0 Å². The molecule has 0 N–H and O–H groups in total. The minimum atomic E-state index is -0.452. The third-order valence-electron chi connectivity index (χ3n) is 2.42. The Morgan fingerprint density at radius 1 is 1.00 bits per heavy atom. The minimum absolute atomic E-state index is 0.452. The van der Waals surface area contributed by atoms with Gasteiger partial charge >= 0.3 is 5.97 Å². The normalized spacial score (nSPS) is 9.83. The number of hydrogen-bond acceptors (Lipinski definition) is 2. The molecule has 0 heterocycles. The summed E-state index contributed by atoms with van der Waals surface area (Å²) in [6.45, 7) is 3.35. The van der Waals surface area contributed by atoms with Crippen LogP contribution in [-0.2, 0) is 4.79 Å². The fourth-order valence-electron chi connectivity index (χ4n) is 1.52. The Morgan fingerprint density at radius 3 is 2.00 bits per heavy atom. The van der Waals surface area contributed by atoms with Crippen LogP contribution in [0.2, 0.25) is 0 Å². The van der Waals surface area contributed by atoms with E-state index in [1.807, 2.05) is 36.4 Å². The predicted molar refractivity (Wildman–Crippen MR) is 75.4 cm³/mol. The molecule has 0 spiro atoms. The van der Waals surface area contributed by atoms with E-state index >= 15 is 0 Å². The van der Waals surface area contributed by atoms with Crippen molar-refractivity contribution in [1.82, 2.24) is 0 Å². The second kappa shape index (κ2) is 5.65. The van der Waals surface area contributed by atoms with Crippen LogP contribution in [0.15, 0.2) is 65.7 Å². The van der Waals surface area contributed by atoms with E-state index in [0.717, 1.165) is 21.7 Å². The van der Waals surface area contributed by atoms with Gasteiger partial charge in [0.2, 0.25) is 0 Å². The van der Waals surface area contributed by atoms with Crippen LogP contribution < -0.4 is 4.74 Å². The molecular weight excluding hydrogens is 292 g/mol.